The van der Waals surface area contributed by atoms with Gasteiger partial charge in [-0.3, -0.25) is 4.79 Å². The number of carbonyl (C=O) groups excluding carboxylic acids is 1. The van der Waals surface area contributed by atoms with E-state index < -0.39 is 0 Å². The number of amides is 1. The molecule has 1 aromatic heterocycles. The first-order valence-corrected chi connectivity index (χ1v) is 5.23. The quantitative estimate of drug-likeness (QED) is 0.734. The van der Waals surface area contributed by atoms with Crippen LogP contribution < -0.4 is 16.0 Å². The van der Waals surface area contributed by atoms with E-state index in [0.29, 0.717) is 17.7 Å². The van der Waals surface area contributed by atoms with Crippen LogP contribution in [0.15, 0.2) is 12.4 Å². The summed E-state index contributed by atoms with van der Waals surface area (Å²) in [6, 6.07) is 2.03. The minimum absolute atomic E-state index is 0.0159. The molecule has 1 amide bonds. The number of nitrogens with two attached hydrogens (primary N) is 1. The predicted octanol–water partition coefficient (Wildman–Crippen LogP) is -0.226. The third kappa shape index (κ3) is 2.82. The van der Waals surface area contributed by atoms with E-state index in [0.717, 1.165) is 12.8 Å². The Morgan fingerprint density at radius 3 is 3.00 bits per heavy atom. The number of rotatable bonds is 4. The van der Waals surface area contributed by atoms with Crippen LogP contribution in [0.2, 0.25) is 0 Å². The molecule has 1 saturated carbocycles. The van der Waals surface area contributed by atoms with E-state index in [4.69, 9.17) is 5.73 Å². The third-order valence-corrected chi connectivity index (χ3v) is 2.39. The lowest BCUT2D eigenvalue weighted by molar-refractivity contribution is -0.119. The summed E-state index contributed by atoms with van der Waals surface area (Å²) in [6.45, 7) is 0.285. The van der Waals surface area contributed by atoms with Gasteiger partial charge in [0.2, 0.25) is 5.91 Å². The van der Waals surface area contributed by atoms with Crippen LogP contribution in [0.1, 0.15) is 12.8 Å². The molecule has 0 radical (unpaired) electrons. The minimum atomic E-state index is 0.0159. The fraction of sp³-hybridized carbons (Fsp3) is 0.500. The highest BCUT2D eigenvalue weighted by Crippen LogP contribution is 2.18. The van der Waals surface area contributed by atoms with Gasteiger partial charge in [-0.25, -0.2) is 9.97 Å². The number of likely N-dealkylation sites (N-methyl/N-ethyl adjacent to an activating group) is 1. The topological polar surface area (TPSA) is 84.1 Å². The zero-order chi connectivity index (χ0) is 11.5. The molecule has 2 rings (SSSR count). The SMILES string of the molecule is CN(CC(=O)NC1CC1)c1cc(N)ncn1. The Bertz CT molecular complexity index is 391. The van der Waals surface area contributed by atoms with Crippen LogP contribution in [0.25, 0.3) is 0 Å². The molecule has 1 fully saturated rings. The summed E-state index contributed by atoms with van der Waals surface area (Å²) >= 11 is 0. The second-order valence-corrected chi connectivity index (χ2v) is 4.00. The van der Waals surface area contributed by atoms with Crippen molar-refractivity contribution >= 4 is 17.5 Å². The lowest BCUT2D eigenvalue weighted by Gasteiger charge is -2.17. The van der Waals surface area contributed by atoms with Gasteiger partial charge in [-0.2, -0.15) is 0 Å². The van der Waals surface area contributed by atoms with Crippen molar-refractivity contribution in [1.82, 2.24) is 15.3 Å². The van der Waals surface area contributed by atoms with Crippen molar-refractivity contribution in [2.75, 3.05) is 24.2 Å². The normalized spacial score (nSPS) is 14.6. The van der Waals surface area contributed by atoms with Crippen molar-refractivity contribution in [2.45, 2.75) is 18.9 Å². The lowest BCUT2D eigenvalue weighted by atomic mass is 10.4. The van der Waals surface area contributed by atoms with Crippen LogP contribution in [-0.4, -0.2) is 35.5 Å². The number of nitrogens with zero attached hydrogens (tertiary/aromatic N) is 3. The minimum Gasteiger partial charge on any atom is -0.384 e. The summed E-state index contributed by atoms with van der Waals surface area (Å²) in [5.41, 5.74) is 5.54. The monoisotopic (exact) mass is 221 g/mol. The molecule has 6 heteroatoms. The van der Waals surface area contributed by atoms with E-state index in [-0.39, 0.29) is 12.5 Å². The van der Waals surface area contributed by atoms with Crippen molar-refractivity contribution in [3.8, 4) is 0 Å². The molecule has 1 aromatic rings. The van der Waals surface area contributed by atoms with Gasteiger partial charge < -0.3 is 16.0 Å². The molecule has 6 nitrogen and oxygen atoms in total. The van der Waals surface area contributed by atoms with Gasteiger partial charge in [-0.05, 0) is 12.8 Å². The van der Waals surface area contributed by atoms with Gasteiger partial charge in [0.1, 0.15) is 18.0 Å². The van der Waals surface area contributed by atoms with Crippen molar-refractivity contribution in [3.63, 3.8) is 0 Å². The number of aromatic nitrogens is 2. The number of anilines is 2. The molecular formula is C10H15N5O. The molecule has 0 aromatic carbocycles. The molecule has 3 N–H and O–H groups in total. The van der Waals surface area contributed by atoms with Gasteiger partial charge >= 0.3 is 0 Å². The summed E-state index contributed by atoms with van der Waals surface area (Å²) in [5, 5.41) is 2.91. The van der Waals surface area contributed by atoms with Gasteiger partial charge in [0, 0.05) is 19.2 Å². The largest absolute Gasteiger partial charge is 0.384 e. The Morgan fingerprint density at radius 2 is 2.38 bits per heavy atom. The highest BCUT2D eigenvalue weighted by molar-refractivity contribution is 5.81. The Morgan fingerprint density at radius 1 is 1.62 bits per heavy atom. The van der Waals surface area contributed by atoms with Gasteiger partial charge in [-0.15, -0.1) is 0 Å². The van der Waals surface area contributed by atoms with E-state index in [1.165, 1.54) is 6.33 Å². The lowest BCUT2D eigenvalue weighted by Crippen LogP contribution is -2.36. The van der Waals surface area contributed by atoms with Crippen LogP contribution >= 0.6 is 0 Å². The van der Waals surface area contributed by atoms with E-state index in [1.807, 2.05) is 0 Å². The Kier molecular flexibility index (Phi) is 2.89. The average Bonchev–Trinajstić information content (AvgIpc) is 3.01. The standard InChI is InChI=1S/C10H15N5O/c1-15(5-10(16)14-7-2-3-7)9-4-8(11)12-6-13-9/h4,6-7H,2-3,5H2,1H3,(H,14,16)(H2,11,12,13). The molecule has 1 aliphatic rings. The first-order chi connectivity index (χ1) is 7.65. The molecule has 0 bridgehead atoms. The van der Waals surface area contributed by atoms with Crippen molar-refractivity contribution in [3.05, 3.63) is 12.4 Å². The molecule has 0 atom stereocenters. The van der Waals surface area contributed by atoms with Gasteiger partial charge in [-0.1, -0.05) is 0 Å². The smallest absolute Gasteiger partial charge is 0.239 e. The van der Waals surface area contributed by atoms with Crippen molar-refractivity contribution < 1.29 is 4.79 Å². The van der Waals surface area contributed by atoms with Gasteiger partial charge in [0.05, 0.1) is 6.54 Å². The zero-order valence-corrected chi connectivity index (χ0v) is 9.18. The average molecular weight is 221 g/mol. The number of carbonyl (C=O) groups is 1. The highest BCUT2D eigenvalue weighted by atomic mass is 16.2. The first kappa shape index (κ1) is 10.7. The maximum atomic E-state index is 11.5. The second kappa shape index (κ2) is 4.34. The maximum Gasteiger partial charge on any atom is 0.239 e. The second-order valence-electron chi connectivity index (χ2n) is 4.00. The van der Waals surface area contributed by atoms with E-state index in [1.54, 1.807) is 18.0 Å². The summed E-state index contributed by atoms with van der Waals surface area (Å²) in [4.78, 5) is 21.1. The zero-order valence-electron chi connectivity index (χ0n) is 9.18. The molecule has 0 unspecified atom stereocenters. The van der Waals surface area contributed by atoms with Crippen molar-refractivity contribution in [1.29, 1.82) is 0 Å². The molecule has 86 valence electrons. The molecule has 0 spiro atoms. The third-order valence-electron chi connectivity index (χ3n) is 2.39. The van der Waals surface area contributed by atoms with E-state index in [9.17, 15) is 4.79 Å². The van der Waals surface area contributed by atoms with Crippen LogP contribution in [0.5, 0.6) is 0 Å². The summed E-state index contributed by atoms with van der Waals surface area (Å²) in [5.74, 6) is 1.07. The molecule has 1 heterocycles. The summed E-state index contributed by atoms with van der Waals surface area (Å²) < 4.78 is 0. The van der Waals surface area contributed by atoms with Gasteiger partial charge in [0.25, 0.3) is 0 Å². The highest BCUT2D eigenvalue weighted by Gasteiger charge is 2.23. The van der Waals surface area contributed by atoms with Crippen molar-refractivity contribution in [2.24, 2.45) is 0 Å². The maximum absolute atomic E-state index is 11.5. The number of hydrogen-bond acceptors (Lipinski definition) is 5. The number of nitrogen functional groups attached to an aromatic ring is 1. The predicted molar refractivity (Wildman–Crippen MR) is 60.9 cm³/mol. The molecule has 16 heavy (non-hydrogen) atoms. The van der Waals surface area contributed by atoms with Crippen LogP contribution in [0.3, 0.4) is 0 Å². The number of hydrogen-bond donors (Lipinski definition) is 2. The summed E-state index contributed by atoms with van der Waals surface area (Å²) in [7, 11) is 1.80. The Hall–Kier alpha value is -1.85. The van der Waals surface area contributed by atoms with Crippen LogP contribution in [0, 0.1) is 0 Å². The van der Waals surface area contributed by atoms with E-state index >= 15 is 0 Å². The van der Waals surface area contributed by atoms with Gasteiger partial charge in [0.15, 0.2) is 0 Å². The Labute approximate surface area is 93.9 Å². The van der Waals surface area contributed by atoms with E-state index in [2.05, 4.69) is 15.3 Å². The van der Waals surface area contributed by atoms with Crippen LogP contribution in [0.4, 0.5) is 11.6 Å². The first-order valence-electron chi connectivity index (χ1n) is 5.23. The fourth-order valence-electron chi connectivity index (χ4n) is 1.37. The number of nitrogens with one attached hydrogen (secondary N) is 1. The Balaban J connectivity index is 1.91. The molecule has 0 aliphatic heterocycles. The van der Waals surface area contributed by atoms with Crippen LogP contribution in [-0.2, 0) is 4.79 Å². The molecule has 1 aliphatic carbocycles. The molecular weight excluding hydrogens is 206 g/mol. The fourth-order valence-corrected chi connectivity index (χ4v) is 1.37. The molecule has 0 saturated heterocycles. The summed E-state index contributed by atoms with van der Waals surface area (Å²) in [6.07, 6.45) is 3.58.